The van der Waals surface area contributed by atoms with Gasteiger partial charge in [-0.05, 0) is 19.4 Å². The molecule has 0 spiro atoms. The molecule has 0 bridgehead atoms. The third-order valence-electron chi connectivity index (χ3n) is 3.22. The number of benzene rings is 1. The number of aromatic amines is 1. The van der Waals surface area contributed by atoms with Gasteiger partial charge in [-0.2, -0.15) is 0 Å². The normalized spacial score (nSPS) is 10.3. The Morgan fingerprint density at radius 1 is 1.25 bits per heavy atom. The summed E-state index contributed by atoms with van der Waals surface area (Å²) in [7, 11) is 0. The number of carbonyl (C=O) groups is 1. The zero-order chi connectivity index (χ0) is 14.4. The number of nitrogens with one attached hydrogen (secondary N) is 2. The molecule has 20 heavy (non-hydrogen) atoms. The highest BCUT2D eigenvalue weighted by molar-refractivity contribution is 5.74. The van der Waals surface area contributed by atoms with Gasteiger partial charge in [0, 0.05) is 37.6 Å². The number of rotatable bonds is 5. The molecule has 0 aliphatic carbocycles. The van der Waals surface area contributed by atoms with Crippen molar-refractivity contribution in [2.75, 3.05) is 13.1 Å². The van der Waals surface area contributed by atoms with Crippen molar-refractivity contribution in [3.8, 4) is 11.4 Å². The van der Waals surface area contributed by atoms with Gasteiger partial charge < -0.3 is 15.2 Å². The highest BCUT2D eigenvalue weighted by Crippen LogP contribution is 2.14. The lowest BCUT2D eigenvalue weighted by atomic mass is 10.1. The minimum atomic E-state index is -0.0230. The van der Waals surface area contributed by atoms with Crippen molar-refractivity contribution < 1.29 is 4.79 Å². The molecule has 2 rings (SSSR count). The number of imidazole rings is 1. The number of hydrogen-bond acceptors (Lipinski definition) is 2. The van der Waals surface area contributed by atoms with Crippen LogP contribution in [0.5, 0.6) is 0 Å². The highest BCUT2D eigenvalue weighted by atomic mass is 16.2. The van der Waals surface area contributed by atoms with Crippen LogP contribution in [-0.2, 0) is 6.54 Å². The summed E-state index contributed by atoms with van der Waals surface area (Å²) in [5.41, 5.74) is 2.11. The van der Waals surface area contributed by atoms with Crippen LogP contribution < -0.4 is 5.32 Å². The van der Waals surface area contributed by atoms with E-state index in [9.17, 15) is 4.79 Å². The van der Waals surface area contributed by atoms with E-state index in [-0.39, 0.29) is 6.03 Å². The van der Waals surface area contributed by atoms with Gasteiger partial charge >= 0.3 is 6.03 Å². The van der Waals surface area contributed by atoms with Crippen LogP contribution >= 0.6 is 0 Å². The Morgan fingerprint density at radius 3 is 2.50 bits per heavy atom. The second-order valence-corrected chi connectivity index (χ2v) is 4.47. The van der Waals surface area contributed by atoms with Crippen molar-refractivity contribution in [2.24, 2.45) is 0 Å². The Bertz CT molecular complexity index is 530. The summed E-state index contributed by atoms with van der Waals surface area (Å²) in [6.07, 6.45) is 3.53. The molecule has 0 radical (unpaired) electrons. The molecule has 1 aromatic heterocycles. The number of H-pyrrole nitrogens is 1. The summed E-state index contributed by atoms with van der Waals surface area (Å²) >= 11 is 0. The van der Waals surface area contributed by atoms with Gasteiger partial charge in [-0.25, -0.2) is 9.78 Å². The minimum Gasteiger partial charge on any atom is -0.345 e. The maximum atomic E-state index is 11.8. The fourth-order valence-electron chi connectivity index (χ4n) is 2.00. The molecule has 5 heteroatoms. The van der Waals surface area contributed by atoms with E-state index in [0.717, 1.165) is 30.0 Å². The molecule has 2 aromatic rings. The first-order chi connectivity index (χ1) is 9.74. The van der Waals surface area contributed by atoms with Gasteiger partial charge in [0.05, 0.1) is 0 Å². The zero-order valence-corrected chi connectivity index (χ0v) is 11.9. The quantitative estimate of drug-likeness (QED) is 0.879. The van der Waals surface area contributed by atoms with Crippen molar-refractivity contribution in [1.29, 1.82) is 0 Å². The molecule has 0 unspecified atom stereocenters. The molecule has 0 saturated carbocycles. The first kappa shape index (κ1) is 14.1. The summed E-state index contributed by atoms with van der Waals surface area (Å²) in [4.78, 5) is 20.9. The SMILES string of the molecule is CCN(CC)C(=O)NCc1ccc(-c2ncc[nH]2)cc1. The van der Waals surface area contributed by atoms with E-state index in [1.165, 1.54) is 0 Å². The van der Waals surface area contributed by atoms with E-state index >= 15 is 0 Å². The predicted octanol–water partition coefficient (Wildman–Crippen LogP) is 2.63. The Hall–Kier alpha value is -2.30. The van der Waals surface area contributed by atoms with Crippen molar-refractivity contribution in [3.63, 3.8) is 0 Å². The fraction of sp³-hybridized carbons (Fsp3) is 0.333. The van der Waals surface area contributed by atoms with Crippen LogP contribution in [-0.4, -0.2) is 34.0 Å². The van der Waals surface area contributed by atoms with E-state index in [1.807, 2.05) is 38.1 Å². The topological polar surface area (TPSA) is 61.0 Å². The first-order valence-corrected chi connectivity index (χ1v) is 6.86. The van der Waals surface area contributed by atoms with Crippen molar-refractivity contribution in [2.45, 2.75) is 20.4 Å². The average Bonchev–Trinajstić information content (AvgIpc) is 3.01. The van der Waals surface area contributed by atoms with Crippen LogP contribution in [0.3, 0.4) is 0 Å². The maximum Gasteiger partial charge on any atom is 0.317 e. The first-order valence-electron chi connectivity index (χ1n) is 6.86. The second kappa shape index (κ2) is 6.75. The van der Waals surface area contributed by atoms with Crippen molar-refractivity contribution >= 4 is 6.03 Å². The Balaban J connectivity index is 1.93. The second-order valence-electron chi connectivity index (χ2n) is 4.47. The lowest BCUT2D eigenvalue weighted by molar-refractivity contribution is 0.203. The van der Waals surface area contributed by atoms with Crippen LogP contribution in [0, 0.1) is 0 Å². The molecule has 0 saturated heterocycles. The van der Waals surface area contributed by atoms with E-state index in [4.69, 9.17) is 0 Å². The number of aromatic nitrogens is 2. The summed E-state index contributed by atoms with van der Waals surface area (Å²) in [5, 5.41) is 2.92. The molecule has 2 amide bonds. The lowest BCUT2D eigenvalue weighted by Crippen LogP contribution is -2.39. The molecule has 0 aliphatic rings. The predicted molar refractivity (Wildman–Crippen MR) is 79.2 cm³/mol. The van der Waals surface area contributed by atoms with Crippen LogP contribution in [0.25, 0.3) is 11.4 Å². The van der Waals surface area contributed by atoms with Gasteiger partial charge in [-0.1, -0.05) is 24.3 Å². The van der Waals surface area contributed by atoms with Crippen molar-refractivity contribution in [1.82, 2.24) is 20.2 Å². The molecule has 1 heterocycles. The van der Waals surface area contributed by atoms with Crippen LogP contribution in [0.2, 0.25) is 0 Å². The fourth-order valence-corrected chi connectivity index (χ4v) is 2.00. The number of urea groups is 1. The monoisotopic (exact) mass is 272 g/mol. The lowest BCUT2D eigenvalue weighted by Gasteiger charge is -2.19. The minimum absolute atomic E-state index is 0.0230. The van der Waals surface area contributed by atoms with Gasteiger partial charge in [-0.3, -0.25) is 0 Å². The van der Waals surface area contributed by atoms with Crippen LogP contribution in [0.15, 0.2) is 36.7 Å². The highest BCUT2D eigenvalue weighted by Gasteiger charge is 2.08. The van der Waals surface area contributed by atoms with Gasteiger partial charge in [0.2, 0.25) is 0 Å². The molecule has 0 atom stereocenters. The number of hydrogen-bond donors (Lipinski definition) is 2. The number of amides is 2. The number of carbonyl (C=O) groups excluding carboxylic acids is 1. The van der Waals surface area contributed by atoms with Gasteiger partial charge in [0.25, 0.3) is 0 Å². The molecule has 2 N–H and O–H groups in total. The molecular weight excluding hydrogens is 252 g/mol. The van der Waals surface area contributed by atoms with E-state index in [1.54, 1.807) is 17.3 Å². The van der Waals surface area contributed by atoms with Crippen LogP contribution in [0.1, 0.15) is 19.4 Å². The summed E-state index contributed by atoms with van der Waals surface area (Å²) in [5.74, 6) is 0.851. The van der Waals surface area contributed by atoms with E-state index < -0.39 is 0 Å². The van der Waals surface area contributed by atoms with Gasteiger partial charge in [0.1, 0.15) is 5.82 Å². The Labute approximate surface area is 119 Å². The Morgan fingerprint density at radius 2 is 1.95 bits per heavy atom. The summed E-state index contributed by atoms with van der Waals surface area (Å²) in [6, 6.07) is 7.97. The van der Waals surface area contributed by atoms with Crippen molar-refractivity contribution in [3.05, 3.63) is 42.2 Å². The van der Waals surface area contributed by atoms with Gasteiger partial charge in [0.15, 0.2) is 0 Å². The third-order valence-corrected chi connectivity index (χ3v) is 3.22. The summed E-state index contributed by atoms with van der Waals surface area (Å²) < 4.78 is 0. The largest absolute Gasteiger partial charge is 0.345 e. The molecule has 0 aliphatic heterocycles. The zero-order valence-electron chi connectivity index (χ0n) is 11.9. The third kappa shape index (κ3) is 3.38. The standard InChI is InChI=1S/C15H20N4O/c1-3-19(4-2)15(20)18-11-12-5-7-13(8-6-12)14-16-9-10-17-14/h5-10H,3-4,11H2,1-2H3,(H,16,17)(H,18,20). The number of nitrogens with zero attached hydrogens (tertiary/aromatic N) is 2. The molecule has 5 nitrogen and oxygen atoms in total. The van der Waals surface area contributed by atoms with E-state index in [0.29, 0.717) is 6.54 Å². The van der Waals surface area contributed by atoms with E-state index in [2.05, 4.69) is 15.3 Å². The molecular formula is C15H20N4O. The molecule has 1 aromatic carbocycles. The summed E-state index contributed by atoms with van der Waals surface area (Å²) in [6.45, 7) is 5.93. The maximum absolute atomic E-state index is 11.8. The molecule has 106 valence electrons. The molecule has 0 fully saturated rings. The van der Waals surface area contributed by atoms with Gasteiger partial charge in [-0.15, -0.1) is 0 Å². The van der Waals surface area contributed by atoms with Crippen LogP contribution in [0.4, 0.5) is 4.79 Å². The smallest absolute Gasteiger partial charge is 0.317 e. The Kier molecular flexibility index (Phi) is 4.76. The average molecular weight is 272 g/mol.